The molecule has 0 radical (unpaired) electrons. The lowest BCUT2D eigenvalue weighted by Gasteiger charge is -2.11. The number of nitrogens with two attached hydrogens (primary N) is 1. The number of urea groups is 1. The van der Waals surface area contributed by atoms with Gasteiger partial charge in [0.25, 0.3) is 0 Å². The van der Waals surface area contributed by atoms with E-state index < -0.39 is 0 Å². The zero-order valence-corrected chi connectivity index (χ0v) is 9.58. The van der Waals surface area contributed by atoms with Crippen LogP contribution in [0.3, 0.4) is 0 Å². The molecule has 0 atom stereocenters. The Morgan fingerprint density at radius 3 is 2.53 bits per heavy atom. The number of hydrogen-bond donors (Lipinski definition) is 3. The molecule has 0 unspecified atom stereocenters. The predicted molar refractivity (Wildman–Crippen MR) is 59.8 cm³/mol. The highest BCUT2D eigenvalue weighted by Gasteiger charge is 1.98. The molecule has 0 aliphatic rings. The number of likely N-dealkylation sites (N-methyl/N-ethyl adjacent to an activating group) is 1. The van der Waals surface area contributed by atoms with Gasteiger partial charge in [0.2, 0.25) is 0 Å². The zero-order chi connectivity index (χ0) is 11.5. The van der Waals surface area contributed by atoms with Gasteiger partial charge in [0, 0.05) is 26.2 Å². The molecule has 0 rings (SSSR count). The quantitative estimate of drug-likeness (QED) is 0.448. The molecule has 90 valence electrons. The minimum Gasteiger partial charge on any atom is -0.378 e. The van der Waals surface area contributed by atoms with Crippen molar-refractivity contribution in [2.45, 2.75) is 0 Å². The Bertz CT molecular complexity index is 164. The highest BCUT2D eigenvalue weighted by molar-refractivity contribution is 5.73. The van der Waals surface area contributed by atoms with Crippen LogP contribution in [0.15, 0.2) is 0 Å². The molecule has 0 fully saturated rings. The number of hydrogen-bond acceptors (Lipinski definition) is 4. The maximum absolute atomic E-state index is 11.1. The molecule has 0 aliphatic carbocycles. The highest BCUT2D eigenvalue weighted by Crippen LogP contribution is 1.73. The molecule has 0 aromatic rings. The van der Waals surface area contributed by atoms with Crippen molar-refractivity contribution in [2.75, 3.05) is 53.5 Å². The van der Waals surface area contributed by atoms with Crippen LogP contribution < -0.4 is 16.4 Å². The van der Waals surface area contributed by atoms with Gasteiger partial charge in [-0.2, -0.15) is 0 Å². The van der Waals surface area contributed by atoms with Gasteiger partial charge in [-0.05, 0) is 14.1 Å². The predicted octanol–water partition coefficient (Wildman–Crippen LogP) is -1.18. The second-order valence-electron chi connectivity index (χ2n) is 3.39. The second kappa shape index (κ2) is 9.70. The molecule has 2 amide bonds. The van der Waals surface area contributed by atoms with Crippen LogP contribution >= 0.6 is 0 Å². The molecule has 0 bridgehead atoms. The molecule has 6 heteroatoms. The lowest BCUT2D eigenvalue weighted by molar-refractivity contribution is 0.143. The Labute approximate surface area is 91.1 Å². The maximum Gasteiger partial charge on any atom is 0.314 e. The smallest absolute Gasteiger partial charge is 0.314 e. The normalized spacial score (nSPS) is 10.4. The highest BCUT2D eigenvalue weighted by atomic mass is 16.5. The molecule has 6 nitrogen and oxygen atoms in total. The molecular weight excluding hydrogens is 196 g/mol. The first-order valence-electron chi connectivity index (χ1n) is 5.11. The lowest BCUT2D eigenvalue weighted by Crippen LogP contribution is -2.40. The summed E-state index contributed by atoms with van der Waals surface area (Å²) < 4.78 is 5.10. The third kappa shape index (κ3) is 11.1. The molecule has 0 aliphatic heterocycles. The molecule has 0 saturated heterocycles. The van der Waals surface area contributed by atoms with Crippen LogP contribution in [0, 0.1) is 0 Å². The van der Waals surface area contributed by atoms with Gasteiger partial charge in [-0.25, -0.2) is 4.79 Å². The second-order valence-corrected chi connectivity index (χ2v) is 3.39. The van der Waals surface area contributed by atoms with Gasteiger partial charge in [0.1, 0.15) is 0 Å². The van der Waals surface area contributed by atoms with Crippen LogP contribution in [0.25, 0.3) is 0 Å². The van der Waals surface area contributed by atoms with Crippen molar-refractivity contribution in [1.29, 1.82) is 0 Å². The van der Waals surface area contributed by atoms with E-state index >= 15 is 0 Å². The SMILES string of the molecule is CN(C)CCNC(=O)NCCOCCN. The minimum absolute atomic E-state index is 0.159. The Morgan fingerprint density at radius 2 is 1.93 bits per heavy atom. The van der Waals surface area contributed by atoms with E-state index in [1.807, 2.05) is 19.0 Å². The summed E-state index contributed by atoms with van der Waals surface area (Å²) in [6.07, 6.45) is 0. The summed E-state index contributed by atoms with van der Waals surface area (Å²) in [7, 11) is 3.92. The number of carbonyl (C=O) groups excluding carboxylic acids is 1. The van der Waals surface area contributed by atoms with Gasteiger partial charge >= 0.3 is 6.03 Å². The number of amides is 2. The molecule has 0 heterocycles. The Hall–Kier alpha value is -0.850. The van der Waals surface area contributed by atoms with Crippen LogP contribution in [0.1, 0.15) is 0 Å². The van der Waals surface area contributed by atoms with E-state index in [1.165, 1.54) is 0 Å². The van der Waals surface area contributed by atoms with E-state index in [2.05, 4.69) is 10.6 Å². The zero-order valence-electron chi connectivity index (χ0n) is 9.58. The Morgan fingerprint density at radius 1 is 1.27 bits per heavy atom. The first-order valence-corrected chi connectivity index (χ1v) is 5.11. The summed E-state index contributed by atoms with van der Waals surface area (Å²) >= 11 is 0. The fourth-order valence-electron chi connectivity index (χ4n) is 0.878. The first kappa shape index (κ1) is 14.2. The van der Waals surface area contributed by atoms with Crippen LogP contribution in [0.5, 0.6) is 0 Å². The maximum atomic E-state index is 11.1. The molecule has 4 N–H and O–H groups in total. The number of nitrogens with one attached hydrogen (secondary N) is 2. The van der Waals surface area contributed by atoms with E-state index in [1.54, 1.807) is 0 Å². The van der Waals surface area contributed by atoms with Crippen molar-refractivity contribution in [1.82, 2.24) is 15.5 Å². The summed E-state index contributed by atoms with van der Waals surface area (Å²) in [4.78, 5) is 13.1. The number of rotatable bonds is 8. The standard InChI is InChI=1S/C9H22N4O2/c1-13(2)6-4-11-9(14)12-5-8-15-7-3-10/h3-8,10H2,1-2H3,(H2,11,12,14). The van der Waals surface area contributed by atoms with E-state index in [0.717, 1.165) is 6.54 Å². The Kier molecular flexibility index (Phi) is 9.15. The van der Waals surface area contributed by atoms with Gasteiger partial charge in [0.05, 0.1) is 13.2 Å². The molecular formula is C9H22N4O2. The summed E-state index contributed by atoms with van der Waals surface area (Å²) in [6, 6.07) is -0.159. The van der Waals surface area contributed by atoms with E-state index in [4.69, 9.17) is 10.5 Å². The number of carbonyl (C=O) groups is 1. The van der Waals surface area contributed by atoms with Gasteiger partial charge in [-0.1, -0.05) is 0 Å². The Balaban J connectivity index is 3.19. The molecule has 0 saturated carbocycles. The van der Waals surface area contributed by atoms with Crippen LogP contribution in [0.2, 0.25) is 0 Å². The fourth-order valence-corrected chi connectivity index (χ4v) is 0.878. The summed E-state index contributed by atoms with van der Waals surface area (Å²) in [5, 5.41) is 5.41. The van der Waals surface area contributed by atoms with Crippen LogP contribution in [-0.2, 0) is 4.74 Å². The lowest BCUT2D eigenvalue weighted by atomic mass is 10.6. The number of ether oxygens (including phenoxy) is 1. The summed E-state index contributed by atoms with van der Waals surface area (Å²) in [5.41, 5.74) is 5.24. The van der Waals surface area contributed by atoms with Crippen molar-refractivity contribution in [3.05, 3.63) is 0 Å². The topological polar surface area (TPSA) is 79.6 Å². The number of nitrogens with zero attached hydrogens (tertiary/aromatic N) is 1. The van der Waals surface area contributed by atoms with Crippen molar-refractivity contribution < 1.29 is 9.53 Å². The fraction of sp³-hybridized carbons (Fsp3) is 0.889. The third-order valence-electron chi connectivity index (χ3n) is 1.64. The van der Waals surface area contributed by atoms with Crippen LogP contribution in [0.4, 0.5) is 4.79 Å². The molecule has 0 spiro atoms. The summed E-state index contributed by atoms with van der Waals surface area (Å²) in [5.74, 6) is 0. The van der Waals surface area contributed by atoms with Gasteiger partial charge in [0.15, 0.2) is 0 Å². The molecule has 15 heavy (non-hydrogen) atoms. The van der Waals surface area contributed by atoms with Gasteiger partial charge in [-0.15, -0.1) is 0 Å². The average Bonchev–Trinajstić information content (AvgIpc) is 2.17. The van der Waals surface area contributed by atoms with Gasteiger partial charge < -0.3 is 26.0 Å². The minimum atomic E-state index is -0.159. The average molecular weight is 218 g/mol. The van der Waals surface area contributed by atoms with Crippen LogP contribution in [-0.4, -0.2) is 64.4 Å². The van der Waals surface area contributed by atoms with E-state index in [9.17, 15) is 4.79 Å². The van der Waals surface area contributed by atoms with E-state index in [-0.39, 0.29) is 6.03 Å². The summed E-state index contributed by atoms with van der Waals surface area (Å²) in [6.45, 7) is 3.52. The monoisotopic (exact) mass is 218 g/mol. The first-order chi connectivity index (χ1) is 7.16. The van der Waals surface area contributed by atoms with E-state index in [0.29, 0.717) is 32.8 Å². The van der Waals surface area contributed by atoms with Crippen molar-refractivity contribution in [3.8, 4) is 0 Å². The third-order valence-corrected chi connectivity index (χ3v) is 1.64. The van der Waals surface area contributed by atoms with Gasteiger partial charge in [-0.3, -0.25) is 0 Å². The largest absolute Gasteiger partial charge is 0.378 e. The molecule has 0 aromatic carbocycles. The molecule has 0 aromatic heterocycles. The van der Waals surface area contributed by atoms with Crippen molar-refractivity contribution >= 4 is 6.03 Å². The van der Waals surface area contributed by atoms with Crippen molar-refractivity contribution in [2.24, 2.45) is 5.73 Å². The van der Waals surface area contributed by atoms with Crippen molar-refractivity contribution in [3.63, 3.8) is 0 Å².